The first kappa shape index (κ1) is 51.3. The molecule has 0 heterocycles. The van der Waals surface area contributed by atoms with Gasteiger partial charge in [-0.3, -0.25) is 9.59 Å². The first-order chi connectivity index (χ1) is 26.1. The van der Waals surface area contributed by atoms with Crippen molar-refractivity contribution in [3.63, 3.8) is 0 Å². The quantitative estimate of drug-likeness (QED) is 0.0289. The van der Waals surface area contributed by atoms with Crippen molar-refractivity contribution in [3.05, 3.63) is 48.6 Å². The van der Waals surface area contributed by atoms with Gasteiger partial charge in [0, 0.05) is 19.3 Å². The fourth-order valence-electron chi connectivity index (χ4n) is 6.12. The molecule has 0 aliphatic carbocycles. The van der Waals surface area contributed by atoms with Gasteiger partial charge in [0.25, 0.3) is 0 Å². The molecule has 0 aromatic carbocycles. The van der Waals surface area contributed by atoms with E-state index >= 15 is 0 Å². The van der Waals surface area contributed by atoms with Gasteiger partial charge in [0.05, 0.1) is 34.4 Å². The molecule has 2 unspecified atom stereocenters. The van der Waals surface area contributed by atoms with Crippen LogP contribution >= 0.6 is 0 Å². The Hall–Kier alpha value is -2.71. The van der Waals surface area contributed by atoms with Gasteiger partial charge in [0.15, 0.2) is 12.1 Å². The molecular weight excluding hydrogens is 679 g/mol. The Morgan fingerprint density at radius 2 is 1.07 bits per heavy atom. The van der Waals surface area contributed by atoms with Crippen LogP contribution < -0.4 is 0 Å². The number of allylic oxidation sites excluding steroid dienone is 8. The number of hydrogen-bond acceptors (Lipinski definition) is 6. The zero-order valence-corrected chi connectivity index (χ0v) is 35.4. The summed E-state index contributed by atoms with van der Waals surface area (Å²) in [7, 11) is 5.51. The maximum atomic E-state index is 12.7. The number of nitrogens with zero attached hydrogens (tertiary/aromatic N) is 1. The number of esters is 2. The third-order valence-corrected chi connectivity index (χ3v) is 9.48. The molecule has 0 radical (unpaired) electrons. The molecule has 54 heavy (non-hydrogen) atoms. The van der Waals surface area contributed by atoms with Gasteiger partial charge in [-0.15, -0.1) is 0 Å². The van der Waals surface area contributed by atoms with Gasteiger partial charge in [-0.1, -0.05) is 146 Å². The highest BCUT2D eigenvalue weighted by molar-refractivity contribution is 5.72. The van der Waals surface area contributed by atoms with Gasteiger partial charge >= 0.3 is 17.9 Å². The third kappa shape index (κ3) is 35.0. The Bertz CT molecular complexity index is 1030. The molecule has 0 spiro atoms. The number of carboxylic acids is 1. The lowest BCUT2D eigenvalue weighted by atomic mass is 10.0. The highest BCUT2D eigenvalue weighted by atomic mass is 16.6. The second kappa shape index (κ2) is 37.2. The summed E-state index contributed by atoms with van der Waals surface area (Å²) in [6, 6.07) is -0.617. The molecule has 0 aromatic heterocycles. The molecule has 8 heteroatoms. The van der Waals surface area contributed by atoms with E-state index in [1.54, 1.807) is 0 Å². The minimum atomic E-state index is -0.881. The maximum Gasteiger partial charge on any atom is 0.362 e. The molecule has 0 aliphatic heterocycles. The average Bonchev–Trinajstić information content (AvgIpc) is 3.12. The molecular formula is C46H82NO7+. The molecule has 0 rings (SSSR count). The van der Waals surface area contributed by atoms with Crippen LogP contribution in [0.4, 0.5) is 0 Å². The Morgan fingerprint density at radius 1 is 0.574 bits per heavy atom. The van der Waals surface area contributed by atoms with E-state index in [4.69, 9.17) is 14.2 Å². The van der Waals surface area contributed by atoms with E-state index in [0.29, 0.717) is 19.3 Å². The molecule has 0 saturated heterocycles. The minimum Gasteiger partial charge on any atom is -0.477 e. The van der Waals surface area contributed by atoms with Gasteiger partial charge in [-0.05, 0) is 57.8 Å². The number of quaternary nitrogens is 1. The van der Waals surface area contributed by atoms with Gasteiger partial charge < -0.3 is 23.8 Å². The lowest BCUT2D eigenvalue weighted by molar-refractivity contribution is -0.887. The highest BCUT2D eigenvalue weighted by Crippen LogP contribution is 2.15. The number of carboxylic acid groups (broad SMARTS) is 1. The SMILES string of the molecule is CC/C=C/C/C=C/C/C=C/CCCCCCCCCCCCCCCC(=O)OC(COCCC(C(=O)O)[N+](C)(C)C)COC(=O)CC/C=C/CCCCC. The summed E-state index contributed by atoms with van der Waals surface area (Å²) < 4.78 is 17.1. The number of likely N-dealkylation sites (N-methyl/N-ethyl adjacent to an activating group) is 1. The van der Waals surface area contributed by atoms with Crippen molar-refractivity contribution < 1.29 is 38.2 Å². The van der Waals surface area contributed by atoms with Crippen molar-refractivity contribution in [2.75, 3.05) is 41.0 Å². The molecule has 0 aliphatic rings. The number of rotatable bonds is 38. The average molecular weight is 761 g/mol. The minimum absolute atomic E-state index is 0.0492. The molecule has 8 nitrogen and oxygen atoms in total. The molecule has 2 atom stereocenters. The third-order valence-electron chi connectivity index (χ3n) is 9.48. The fraction of sp³-hybridized carbons (Fsp3) is 0.761. The van der Waals surface area contributed by atoms with Gasteiger partial charge in [-0.25, -0.2) is 4.79 Å². The molecule has 312 valence electrons. The van der Waals surface area contributed by atoms with Crippen LogP contribution in [-0.4, -0.2) is 80.6 Å². The lowest BCUT2D eigenvalue weighted by Crippen LogP contribution is -2.50. The smallest absolute Gasteiger partial charge is 0.362 e. The van der Waals surface area contributed by atoms with Gasteiger partial charge in [0.1, 0.15) is 6.61 Å². The van der Waals surface area contributed by atoms with Crippen molar-refractivity contribution >= 4 is 17.9 Å². The molecule has 0 fully saturated rings. The molecule has 0 bridgehead atoms. The molecule has 0 aromatic rings. The summed E-state index contributed by atoms with van der Waals surface area (Å²) in [5.41, 5.74) is 0. The maximum absolute atomic E-state index is 12.7. The predicted molar refractivity (Wildman–Crippen MR) is 224 cm³/mol. The van der Waals surface area contributed by atoms with E-state index < -0.39 is 18.1 Å². The highest BCUT2D eigenvalue weighted by Gasteiger charge is 2.31. The Morgan fingerprint density at radius 3 is 1.63 bits per heavy atom. The molecule has 1 N–H and O–H groups in total. The summed E-state index contributed by atoms with van der Waals surface area (Å²) in [5, 5.41) is 9.59. The summed E-state index contributed by atoms with van der Waals surface area (Å²) in [4.78, 5) is 36.7. The predicted octanol–water partition coefficient (Wildman–Crippen LogP) is 11.6. The summed E-state index contributed by atoms with van der Waals surface area (Å²) >= 11 is 0. The van der Waals surface area contributed by atoms with Crippen LogP contribution in [0.5, 0.6) is 0 Å². The van der Waals surface area contributed by atoms with Crippen molar-refractivity contribution in [1.82, 2.24) is 0 Å². The topological polar surface area (TPSA) is 99.1 Å². The van der Waals surface area contributed by atoms with Crippen molar-refractivity contribution in [2.24, 2.45) is 0 Å². The molecule has 0 saturated carbocycles. The summed E-state index contributed by atoms with van der Waals surface area (Å²) in [5.74, 6) is -1.54. The van der Waals surface area contributed by atoms with E-state index in [9.17, 15) is 19.5 Å². The van der Waals surface area contributed by atoms with Crippen LogP contribution in [-0.2, 0) is 28.6 Å². The van der Waals surface area contributed by atoms with Crippen LogP contribution in [0.1, 0.15) is 174 Å². The standard InChI is InChI=1S/C46H81NO7/c1-6-8-10-12-14-15-16-17-18-19-20-21-22-23-24-25-26-27-28-29-31-33-35-37-45(49)54-42(40-52-39-38-43(46(50)51)47(3,4)5)41-53-44(48)36-34-32-30-13-11-9-7-2/h8,10,14-15,17-18,30,32,42-43H,6-7,9,11-13,16,19-29,31,33-41H2,1-5H3/p+1/b10-8+,15-14+,18-17+,32-30+. The van der Waals surface area contributed by atoms with Gasteiger partial charge in [0.2, 0.25) is 0 Å². The zero-order chi connectivity index (χ0) is 40.0. The van der Waals surface area contributed by atoms with Crippen LogP contribution in [0.25, 0.3) is 0 Å². The second-order valence-electron chi connectivity index (χ2n) is 15.6. The van der Waals surface area contributed by atoms with E-state index in [1.807, 2.05) is 27.2 Å². The molecule has 0 amide bonds. The Labute approximate surface area is 331 Å². The number of aliphatic carboxylic acids is 1. The Kier molecular flexibility index (Phi) is 35.4. The first-order valence-corrected chi connectivity index (χ1v) is 21.7. The number of carbonyl (C=O) groups is 3. The fourth-order valence-corrected chi connectivity index (χ4v) is 6.12. The zero-order valence-electron chi connectivity index (χ0n) is 35.4. The first-order valence-electron chi connectivity index (χ1n) is 21.7. The number of ether oxygens (including phenoxy) is 3. The number of carbonyl (C=O) groups excluding carboxylic acids is 2. The normalized spacial score (nSPS) is 13.4. The van der Waals surface area contributed by atoms with Crippen LogP contribution in [0, 0.1) is 0 Å². The van der Waals surface area contributed by atoms with E-state index in [0.717, 1.165) is 51.4 Å². The van der Waals surface area contributed by atoms with Crippen molar-refractivity contribution in [1.29, 1.82) is 0 Å². The monoisotopic (exact) mass is 761 g/mol. The summed E-state index contributed by atoms with van der Waals surface area (Å²) in [6.45, 7) is 4.52. The van der Waals surface area contributed by atoms with E-state index in [-0.39, 0.29) is 42.7 Å². The lowest BCUT2D eigenvalue weighted by Gasteiger charge is -2.31. The largest absolute Gasteiger partial charge is 0.477 e. The van der Waals surface area contributed by atoms with Crippen molar-refractivity contribution in [2.45, 2.75) is 187 Å². The van der Waals surface area contributed by atoms with Crippen molar-refractivity contribution in [3.8, 4) is 0 Å². The van der Waals surface area contributed by atoms with E-state index in [1.165, 1.54) is 83.5 Å². The number of unbranched alkanes of at least 4 members (excludes halogenated alkanes) is 16. The van der Waals surface area contributed by atoms with Crippen LogP contribution in [0.3, 0.4) is 0 Å². The summed E-state index contributed by atoms with van der Waals surface area (Å²) in [6.07, 6.45) is 43.4. The number of hydrogen-bond donors (Lipinski definition) is 1. The van der Waals surface area contributed by atoms with Gasteiger partial charge in [-0.2, -0.15) is 0 Å². The second-order valence-corrected chi connectivity index (χ2v) is 15.6. The van der Waals surface area contributed by atoms with E-state index in [2.05, 4.69) is 56.4 Å². The van der Waals surface area contributed by atoms with Crippen LogP contribution in [0.15, 0.2) is 48.6 Å². The Balaban J connectivity index is 4.16. The van der Waals surface area contributed by atoms with Crippen LogP contribution in [0.2, 0.25) is 0 Å².